The molecule has 0 bridgehead atoms. The Kier molecular flexibility index (Phi) is 4.34. The van der Waals surface area contributed by atoms with Crippen LogP contribution < -0.4 is 10.1 Å². The van der Waals surface area contributed by atoms with Gasteiger partial charge < -0.3 is 10.1 Å². The Hall–Kier alpha value is -2.10. The van der Waals surface area contributed by atoms with Crippen LogP contribution in [0.3, 0.4) is 0 Å². The lowest BCUT2D eigenvalue weighted by Gasteiger charge is -2.12. The zero-order valence-electron chi connectivity index (χ0n) is 11.6. The van der Waals surface area contributed by atoms with Gasteiger partial charge in [0.25, 0.3) is 0 Å². The maximum atomic E-state index is 5.88. The molecule has 0 saturated carbocycles. The summed E-state index contributed by atoms with van der Waals surface area (Å²) >= 11 is 0. The number of rotatable bonds is 5. The lowest BCUT2D eigenvalue weighted by molar-refractivity contribution is 0.455. The van der Waals surface area contributed by atoms with E-state index in [0.717, 1.165) is 35.7 Å². The van der Waals surface area contributed by atoms with Crippen LogP contribution in [0.25, 0.3) is 0 Å². The van der Waals surface area contributed by atoms with Crippen LogP contribution in [-0.2, 0) is 6.42 Å². The topological polar surface area (TPSA) is 47.0 Å². The van der Waals surface area contributed by atoms with Gasteiger partial charge in [-0.1, -0.05) is 19.1 Å². The zero-order chi connectivity index (χ0) is 13.7. The number of nitrogens with one attached hydrogen (secondary N) is 1. The summed E-state index contributed by atoms with van der Waals surface area (Å²) in [7, 11) is 0. The molecule has 0 aliphatic rings. The van der Waals surface area contributed by atoms with E-state index in [0.29, 0.717) is 5.88 Å². The fourth-order valence-electron chi connectivity index (χ4n) is 1.91. The molecule has 0 saturated heterocycles. The summed E-state index contributed by atoms with van der Waals surface area (Å²) in [4.78, 5) is 8.50. The fourth-order valence-corrected chi connectivity index (χ4v) is 1.91. The molecule has 0 aliphatic heterocycles. The van der Waals surface area contributed by atoms with E-state index in [1.54, 1.807) is 0 Å². The van der Waals surface area contributed by atoms with Crippen LogP contribution >= 0.6 is 0 Å². The molecule has 1 heterocycles. The molecule has 0 spiro atoms. The third kappa shape index (κ3) is 3.22. The first-order valence-corrected chi connectivity index (χ1v) is 6.56. The van der Waals surface area contributed by atoms with Crippen molar-refractivity contribution in [1.82, 2.24) is 9.97 Å². The van der Waals surface area contributed by atoms with Crippen molar-refractivity contribution in [3.8, 4) is 11.6 Å². The normalized spacial score (nSPS) is 10.3. The highest BCUT2D eigenvalue weighted by atomic mass is 16.5. The minimum absolute atomic E-state index is 0.624. The Bertz CT molecular complexity index is 555. The number of nitrogens with zero attached hydrogens (tertiary/aromatic N) is 2. The molecule has 0 atom stereocenters. The minimum atomic E-state index is 0.624. The summed E-state index contributed by atoms with van der Waals surface area (Å²) in [5, 5.41) is 3.23. The number of aromatic nitrogens is 2. The minimum Gasteiger partial charge on any atom is -0.439 e. The fraction of sp³-hybridized carbons (Fsp3) is 0.333. The van der Waals surface area contributed by atoms with Crippen molar-refractivity contribution in [2.75, 3.05) is 11.9 Å². The van der Waals surface area contributed by atoms with Gasteiger partial charge in [-0.3, -0.25) is 0 Å². The maximum absolute atomic E-state index is 5.88. The average Bonchev–Trinajstić information content (AvgIpc) is 2.39. The molecule has 1 N–H and O–H groups in total. The van der Waals surface area contributed by atoms with Crippen molar-refractivity contribution in [3.05, 3.63) is 41.7 Å². The highest BCUT2D eigenvalue weighted by Gasteiger charge is 2.11. The van der Waals surface area contributed by atoms with Crippen LogP contribution in [0.4, 0.5) is 5.82 Å². The third-order valence-corrected chi connectivity index (χ3v) is 2.81. The number of hydrogen-bond acceptors (Lipinski definition) is 4. The molecule has 1 aromatic carbocycles. The number of anilines is 1. The Labute approximate surface area is 113 Å². The van der Waals surface area contributed by atoms with Gasteiger partial charge in [-0.25, -0.2) is 9.97 Å². The Morgan fingerprint density at radius 2 is 2.05 bits per heavy atom. The summed E-state index contributed by atoms with van der Waals surface area (Å²) in [5.41, 5.74) is 2.17. The van der Waals surface area contributed by atoms with E-state index in [-0.39, 0.29) is 0 Å². The molecule has 0 unspecified atom stereocenters. The van der Waals surface area contributed by atoms with Crippen LogP contribution in [0.2, 0.25) is 0 Å². The van der Waals surface area contributed by atoms with Gasteiger partial charge in [-0.05, 0) is 38.0 Å². The molecule has 19 heavy (non-hydrogen) atoms. The quantitative estimate of drug-likeness (QED) is 0.889. The predicted molar refractivity (Wildman–Crippen MR) is 76.8 cm³/mol. The SMILES string of the molecule is CCNc1ncnc(Oc2cccc(C)c2)c1CC. The predicted octanol–water partition coefficient (Wildman–Crippen LogP) is 3.57. The van der Waals surface area contributed by atoms with Crippen LogP contribution in [0.15, 0.2) is 30.6 Å². The molecule has 4 heteroatoms. The third-order valence-electron chi connectivity index (χ3n) is 2.81. The second kappa shape index (κ2) is 6.18. The first kappa shape index (κ1) is 13.3. The molecular formula is C15H19N3O. The van der Waals surface area contributed by atoms with Crippen molar-refractivity contribution in [1.29, 1.82) is 0 Å². The number of aryl methyl sites for hydroxylation is 1. The highest BCUT2D eigenvalue weighted by Crippen LogP contribution is 2.27. The van der Waals surface area contributed by atoms with Crippen molar-refractivity contribution >= 4 is 5.82 Å². The Morgan fingerprint density at radius 3 is 2.74 bits per heavy atom. The van der Waals surface area contributed by atoms with E-state index in [1.165, 1.54) is 6.33 Å². The van der Waals surface area contributed by atoms with Crippen molar-refractivity contribution in [2.45, 2.75) is 27.2 Å². The first-order chi connectivity index (χ1) is 9.24. The van der Waals surface area contributed by atoms with Crippen LogP contribution in [-0.4, -0.2) is 16.5 Å². The smallest absolute Gasteiger partial charge is 0.227 e. The number of ether oxygens (including phenoxy) is 1. The van der Waals surface area contributed by atoms with E-state index in [9.17, 15) is 0 Å². The lowest BCUT2D eigenvalue weighted by atomic mass is 10.2. The highest BCUT2D eigenvalue weighted by molar-refractivity contribution is 5.49. The number of hydrogen-bond donors (Lipinski definition) is 1. The molecule has 1 aromatic heterocycles. The van der Waals surface area contributed by atoms with Gasteiger partial charge in [0, 0.05) is 6.54 Å². The van der Waals surface area contributed by atoms with Gasteiger partial charge >= 0.3 is 0 Å². The molecular weight excluding hydrogens is 238 g/mol. The second-order valence-electron chi connectivity index (χ2n) is 4.31. The van der Waals surface area contributed by atoms with Crippen molar-refractivity contribution < 1.29 is 4.74 Å². The summed E-state index contributed by atoms with van der Waals surface area (Å²) in [5.74, 6) is 2.28. The molecule has 2 rings (SSSR count). The summed E-state index contributed by atoms with van der Waals surface area (Å²) in [6.07, 6.45) is 2.35. The van der Waals surface area contributed by atoms with E-state index < -0.39 is 0 Å². The Morgan fingerprint density at radius 1 is 1.21 bits per heavy atom. The molecule has 0 aliphatic carbocycles. The lowest BCUT2D eigenvalue weighted by Crippen LogP contribution is -2.05. The molecule has 2 aromatic rings. The molecule has 100 valence electrons. The van der Waals surface area contributed by atoms with Crippen LogP contribution in [0.1, 0.15) is 25.0 Å². The van der Waals surface area contributed by atoms with Gasteiger partial charge in [-0.2, -0.15) is 0 Å². The Balaban J connectivity index is 2.31. The number of benzene rings is 1. The summed E-state index contributed by atoms with van der Waals surface area (Å²) in [6, 6.07) is 7.94. The van der Waals surface area contributed by atoms with E-state index in [1.807, 2.05) is 38.1 Å². The van der Waals surface area contributed by atoms with Gasteiger partial charge in [0.15, 0.2) is 0 Å². The molecule has 4 nitrogen and oxygen atoms in total. The average molecular weight is 257 g/mol. The molecule has 0 radical (unpaired) electrons. The summed E-state index contributed by atoms with van der Waals surface area (Å²) < 4.78 is 5.88. The zero-order valence-corrected chi connectivity index (χ0v) is 11.6. The summed E-state index contributed by atoms with van der Waals surface area (Å²) in [6.45, 7) is 6.98. The first-order valence-electron chi connectivity index (χ1n) is 6.56. The largest absolute Gasteiger partial charge is 0.439 e. The van der Waals surface area contributed by atoms with Crippen molar-refractivity contribution in [3.63, 3.8) is 0 Å². The van der Waals surface area contributed by atoms with E-state index in [4.69, 9.17) is 4.74 Å². The molecule has 0 fully saturated rings. The molecule has 0 amide bonds. The van der Waals surface area contributed by atoms with Crippen LogP contribution in [0, 0.1) is 6.92 Å². The standard InChI is InChI=1S/C15H19N3O/c1-4-13-14(16-5-2)17-10-18-15(13)19-12-8-6-7-11(3)9-12/h6-10H,4-5H2,1-3H3,(H,16,17,18). The monoisotopic (exact) mass is 257 g/mol. The van der Waals surface area contributed by atoms with Gasteiger partial charge in [0.1, 0.15) is 17.9 Å². The van der Waals surface area contributed by atoms with E-state index in [2.05, 4.69) is 22.2 Å². The van der Waals surface area contributed by atoms with Gasteiger partial charge in [0.2, 0.25) is 5.88 Å². The van der Waals surface area contributed by atoms with Gasteiger partial charge in [0.05, 0.1) is 5.56 Å². The second-order valence-corrected chi connectivity index (χ2v) is 4.31. The van der Waals surface area contributed by atoms with Crippen molar-refractivity contribution in [2.24, 2.45) is 0 Å². The van der Waals surface area contributed by atoms with E-state index >= 15 is 0 Å². The van der Waals surface area contributed by atoms with Gasteiger partial charge in [-0.15, -0.1) is 0 Å². The maximum Gasteiger partial charge on any atom is 0.227 e. The van der Waals surface area contributed by atoms with Crippen LogP contribution in [0.5, 0.6) is 11.6 Å².